The van der Waals surface area contributed by atoms with Crippen molar-refractivity contribution in [3.05, 3.63) is 34.7 Å². The number of hydrogen-bond donors (Lipinski definition) is 0. The van der Waals surface area contributed by atoms with Crippen molar-refractivity contribution in [1.29, 1.82) is 0 Å². The maximum Gasteiger partial charge on any atom is 0.305 e. The second-order valence-corrected chi connectivity index (χ2v) is 12.8. The Morgan fingerprint density at radius 1 is 0.808 bits per heavy atom. The summed E-state index contributed by atoms with van der Waals surface area (Å²) in [6, 6.07) is 0. The van der Waals surface area contributed by atoms with E-state index in [2.05, 4.69) is 0 Å². The highest BCUT2D eigenvalue weighted by Gasteiger charge is 2.51. The van der Waals surface area contributed by atoms with Crippen LogP contribution in [0.4, 0.5) is 26.3 Å². The molecule has 0 aromatic heterocycles. The minimum absolute atomic E-state index is 0.119. The number of rotatable bonds is 5. The van der Waals surface area contributed by atoms with Crippen LogP contribution in [0, 0.1) is 23.5 Å². The molecule has 26 heavy (non-hydrogen) atoms. The Kier molecular flexibility index (Phi) is 5.31. The molecule has 0 spiro atoms. The van der Waals surface area contributed by atoms with Crippen LogP contribution >= 0.6 is 0 Å². The lowest BCUT2D eigenvalue weighted by atomic mass is 10.1. The quantitative estimate of drug-likeness (QED) is 0.300. The fourth-order valence-corrected chi connectivity index (χ4v) is 9.26. The summed E-state index contributed by atoms with van der Waals surface area (Å²) in [5.74, 6) is -12.7. The molecule has 0 bridgehead atoms. The largest absolute Gasteiger partial charge is 0.539 e. The standard InChI is InChI=1S/C18H21F6OSi/c1-8(2)26(9(3)4,10(5)6)25-17-14(20)12-11(19)7-18(23,24)13(12)15(21)16(17)22/h8-10H,1-6H3. The van der Waals surface area contributed by atoms with Crippen LogP contribution in [0.2, 0.25) is 16.6 Å². The zero-order valence-electron chi connectivity index (χ0n) is 15.4. The molecular weight excluding hydrogens is 374 g/mol. The van der Waals surface area contributed by atoms with Crippen LogP contribution in [0.5, 0.6) is 5.75 Å². The van der Waals surface area contributed by atoms with Crippen LogP contribution in [-0.2, 0) is 5.92 Å². The monoisotopic (exact) mass is 395 g/mol. The first-order valence-corrected chi connectivity index (χ1v) is 10.5. The van der Waals surface area contributed by atoms with Crippen LogP contribution in [0.15, 0.2) is 0 Å². The van der Waals surface area contributed by atoms with E-state index < -0.39 is 54.4 Å². The Balaban J connectivity index is 2.75. The summed E-state index contributed by atoms with van der Waals surface area (Å²) in [6.07, 6.45) is 1.05. The number of allylic oxidation sites excluding steroid dienone is 1. The summed E-state index contributed by atoms with van der Waals surface area (Å²) >= 11 is 0. The molecule has 0 fully saturated rings. The smallest absolute Gasteiger partial charge is 0.305 e. The van der Waals surface area contributed by atoms with Gasteiger partial charge in [-0.05, 0) is 16.6 Å². The topological polar surface area (TPSA) is 9.23 Å². The predicted molar refractivity (Wildman–Crippen MR) is 89.6 cm³/mol. The van der Waals surface area contributed by atoms with Crippen molar-refractivity contribution < 1.29 is 30.8 Å². The molecule has 1 aromatic carbocycles. The number of fused-ring (bicyclic) bond motifs is 1. The summed E-state index contributed by atoms with van der Waals surface area (Å²) in [4.78, 5) is 0. The van der Waals surface area contributed by atoms with Crippen LogP contribution < -0.4 is 4.43 Å². The van der Waals surface area contributed by atoms with Crippen molar-refractivity contribution in [3.8, 4) is 5.75 Å². The highest BCUT2D eigenvalue weighted by atomic mass is 28.4. The Labute approximate surface area is 150 Å². The van der Waals surface area contributed by atoms with Gasteiger partial charge < -0.3 is 4.43 Å². The van der Waals surface area contributed by atoms with E-state index in [1.807, 2.05) is 41.5 Å². The van der Waals surface area contributed by atoms with E-state index in [9.17, 15) is 26.3 Å². The molecule has 0 atom stereocenters. The van der Waals surface area contributed by atoms with Crippen molar-refractivity contribution in [3.63, 3.8) is 0 Å². The van der Waals surface area contributed by atoms with E-state index >= 15 is 0 Å². The zero-order valence-corrected chi connectivity index (χ0v) is 16.4. The van der Waals surface area contributed by atoms with E-state index in [1.165, 1.54) is 0 Å². The van der Waals surface area contributed by atoms with E-state index in [4.69, 9.17) is 4.43 Å². The summed E-state index contributed by atoms with van der Waals surface area (Å²) in [5.41, 5.74) is -3.35. The molecule has 1 aliphatic rings. The van der Waals surface area contributed by atoms with Gasteiger partial charge in [0, 0.05) is 0 Å². The molecule has 145 valence electrons. The third-order valence-electron chi connectivity index (χ3n) is 5.07. The highest BCUT2D eigenvalue weighted by Crippen LogP contribution is 2.50. The minimum atomic E-state index is -4.24. The number of hydrogen-bond acceptors (Lipinski definition) is 1. The summed E-state index contributed by atoms with van der Waals surface area (Å²) < 4.78 is 90.5. The number of halogens is 6. The molecule has 0 heterocycles. The number of benzene rings is 1. The Morgan fingerprint density at radius 2 is 1.27 bits per heavy atom. The molecule has 1 aromatic rings. The van der Waals surface area contributed by atoms with Crippen molar-refractivity contribution in [2.45, 2.75) is 64.1 Å². The molecule has 2 rings (SSSR count). The van der Waals surface area contributed by atoms with Gasteiger partial charge in [-0.3, -0.25) is 0 Å². The van der Waals surface area contributed by atoms with Gasteiger partial charge in [0.1, 0.15) is 5.83 Å². The third-order valence-corrected chi connectivity index (χ3v) is 11.0. The summed E-state index contributed by atoms with van der Waals surface area (Å²) in [6.45, 7) is 11.0. The Hall–Kier alpha value is -1.44. The first-order chi connectivity index (χ1) is 11.8. The van der Waals surface area contributed by atoms with Crippen molar-refractivity contribution >= 4 is 14.1 Å². The van der Waals surface area contributed by atoms with Gasteiger partial charge in [0.2, 0.25) is 5.82 Å². The van der Waals surface area contributed by atoms with E-state index in [-0.39, 0.29) is 16.6 Å². The third kappa shape index (κ3) is 2.86. The minimum Gasteiger partial charge on any atom is -0.539 e. The molecular formula is C18H21F6OSi. The lowest BCUT2D eigenvalue weighted by Gasteiger charge is -2.42. The van der Waals surface area contributed by atoms with Crippen LogP contribution in [-0.4, -0.2) is 8.32 Å². The van der Waals surface area contributed by atoms with Gasteiger partial charge in [-0.1, -0.05) is 41.5 Å². The van der Waals surface area contributed by atoms with E-state index in [0.29, 0.717) is 0 Å². The first-order valence-electron chi connectivity index (χ1n) is 8.37. The molecule has 1 nitrogen and oxygen atoms in total. The SMILES string of the molecule is CC(C)[Si](Oc1c(F)c(F)c2c(c1F)C(F)=[C]C2(F)F)(C(C)C)C(C)C. The molecule has 8 heteroatoms. The summed E-state index contributed by atoms with van der Waals surface area (Å²) in [5, 5.41) is 0. The van der Waals surface area contributed by atoms with Gasteiger partial charge >= 0.3 is 5.92 Å². The lowest BCUT2D eigenvalue weighted by Crippen LogP contribution is -2.51. The van der Waals surface area contributed by atoms with Crippen molar-refractivity contribution in [1.82, 2.24) is 0 Å². The Bertz CT molecular complexity index is 733. The van der Waals surface area contributed by atoms with Crippen LogP contribution in [0.1, 0.15) is 52.7 Å². The van der Waals surface area contributed by atoms with Crippen molar-refractivity contribution in [2.24, 2.45) is 0 Å². The summed E-state index contributed by atoms with van der Waals surface area (Å²) in [7, 11) is -2.93. The fourth-order valence-electron chi connectivity index (χ4n) is 4.02. The lowest BCUT2D eigenvalue weighted by molar-refractivity contribution is 0.0418. The van der Waals surface area contributed by atoms with Crippen LogP contribution in [0.3, 0.4) is 0 Å². The number of alkyl halides is 2. The molecule has 0 aliphatic heterocycles. The van der Waals surface area contributed by atoms with Gasteiger partial charge in [-0.25, -0.2) is 13.2 Å². The molecule has 0 unspecified atom stereocenters. The van der Waals surface area contributed by atoms with E-state index in [0.717, 1.165) is 6.08 Å². The average Bonchev–Trinajstić information content (AvgIpc) is 2.73. The highest BCUT2D eigenvalue weighted by molar-refractivity contribution is 6.78. The maximum atomic E-state index is 14.8. The Morgan fingerprint density at radius 3 is 1.69 bits per heavy atom. The molecule has 0 saturated carbocycles. The second-order valence-electron chi connectivity index (χ2n) is 7.45. The average molecular weight is 395 g/mol. The van der Waals surface area contributed by atoms with E-state index in [1.54, 1.807) is 0 Å². The molecule has 1 aliphatic carbocycles. The van der Waals surface area contributed by atoms with Gasteiger partial charge in [0.05, 0.1) is 17.2 Å². The molecule has 0 N–H and O–H groups in total. The van der Waals surface area contributed by atoms with Gasteiger partial charge in [-0.2, -0.15) is 13.2 Å². The van der Waals surface area contributed by atoms with Crippen LogP contribution in [0.25, 0.3) is 5.83 Å². The predicted octanol–water partition coefficient (Wildman–Crippen LogP) is 6.88. The second kappa shape index (κ2) is 6.62. The molecule has 1 radical (unpaired) electrons. The zero-order chi connectivity index (χ0) is 20.2. The first kappa shape index (κ1) is 20.9. The van der Waals surface area contributed by atoms with Gasteiger partial charge in [-0.15, -0.1) is 0 Å². The molecule has 0 saturated heterocycles. The normalized spacial score (nSPS) is 16.5. The maximum absolute atomic E-state index is 14.8. The molecule has 0 amide bonds. The van der Waals surface area contributed by atoms with Gasteiger partial charge in [0.25, 0.3) is 8.32 Å². The fraction of sp³-hybridized carbons (Fsp3) is 0.556. The van der Waals surface area contributed by atoms with Gasteiger partial charge in [0.15, 0.2) is 17.4 Å². The van der Waals surface area contributed by atoms with Crippen molar-refractivity contribution in [2.75, 3.05) is 0 Å².